The quantitative estimate of drug-likeness (QED) is 0.744. The van der Waals surface area contributed by atoms with Crippen LogP contribution in [0.15, 0.2) is 12.4 Å². The van der Waals surface area contributed by atoms with Crippen LogP contribution in [-0.2, 0) is 10.2 Å². The minimum absolute atomic E-state index is 0.102. The SMILES string of the molecule is C[C@H]([C@@H](C)c1ncc(F)cn1)S(=O)(=O)F. The first-order valence-corrected chi connectivity index (χ1v) is 5.68. The normalized spacial score (nSPS) is 16.0. The maximum atomic E-state index is 12.6. The summed E-state index contributed by atoms with van der Waals surface area (Å²) in [5.74, 6) is -1.24. The van der Waals surface area contributed by atoms with Crippen molar-refractivity contribution in [2.75, 3.05) is 0 Å². The van der Waals surface area contributed by atoms with Crippen LogP contribution in [0.2, 0.25) is 0 Å². The van der Waals surface area contributed by atoms with Gasteiger partial charge in [0.05, 0.1) is 17.6 Å². The van der Waals surface area contributed by atoms with E-state index in [9.17, 15) is 16.7 Å². The highest BCUT2D eigenvalue weighted by Gasteiger charge is 2.28. The molecule has 1 heterocycles. The molecule has 0 bridgehead atoms. The minimum Gasteiger partial charge on any atom is -0.238 e. The van der Waals surface area contributed by atoms with Crippen molar-refractivity contribution in [3.05, 3.63) is 24.0 Å². The predicted octanol–water partition coefficient (Wildman–Crippen LogP) is 1.41. The van der Waals surface area contributed by atoms with Crippen molar-refractivity contribution in [1.29, 1.82) is 0 Å². The summed E-state index contributed by atoms with van der Waals surface area (Å²) < 4.78 is 46.3. The number of nitrogens with zero attached hydrogens (tertiary/aromatic N) is 2. The van der Waals surface area contributed by atoms with Gasteiger partial charge in [0.25, 0.3) is 0 Å². The molecule has 0 amide bonds. The van der Waals surface area contributed by atoms with E-state index < -0.39 is 27.2 Å². The monoisotopic (exact) mass is 236 g/mol. The van der Waals surface area contributed by atoms with E-state index in [0.29, 0.717) is 0 Å². The minimum atomic E-state index is -4.63. The van der Waals surface area contributed by atoms with Gasteiger partial charge in [-0.3, -0.25) is 0 Å². The Balaban J connectivity index is 2.95. The Morgan fingerprint density at radius 1 is 1.27 bits per heavy atom. The predicted molar refractivity (Wildman–Crippen MR) is 49.9 cm³/mol. The van der Waals surface area contributed by atoms with Crippen LogP contribution in [0.3, 0.4) is 0 Å². The van der Waals surface area contributed by atoms with Gasteiger partial charge in [-0.2, -0.15) is 8.42 Å². The summed E-state index contributed by atoms with van der Waals surface area (Å²) in [5.41, 5.74) is 0. The summed E-state index contributed by atoms with van der Waals surface area (Å²) in [4.78, 5) is 7.19. The molecule has 0 aliphatic rings. The van der Waals surface area contributed by atoms with Crippen molar-refractivity contribution < 1.29 is 16.7 Å². The van der Waals surface area contributed by atoms with Crippen LogP contribution in [0.25, 0.3) is 0 Å². The van der Waals surface area contributed by atoms with Crippen LogP contribution < -0.4 is 0 Å². The number of rotatable bonds is 3. The molecule has 1 rings (SSSR count). The van der Waals surface area contributed by atoms with Crippen molar-refractivity contribution in [3.63, 3.8) is 0 Å². The number of hydrogen-bond acceptors (Lipinski definition) is 4. The van der Waals surface area contributed by atoms with E-state index in [-0.39, 0.29) is 5.82 Å². The van der Waals surface area contributed by atoms with Gasteiger partial charge in [0.15, 0.2) is 5.82 Å². The maximum Gasteiger partial charge on any atom is 0.305 e. The summed E-state index contributed by atoms with van der Waals surface area (Å²) in [7, 11) is -4.63. The van der Waals surface area contributed by atoms with Crippen LogP contribution in [-0.4, -0.2) is 23.6 Å². The van der Waals surface area contributed by atoms with Crippen molar-refractivity contribution in [2.24, 2.45) is 0 Å². The Hall–Kier alpha value is -1.11. The Kier molecular flexibility index (Phi) is 3.33. The fraction of sp³-hybridized carbons (Fsp3) is 0.500. The molecule has 2 atom stereocenters. The average Bonchev–Trinajstić information content (AvgIpc) is 2.15. The molecule has 4 nitrogen and oxygen atoms in total. The zero-order chi connectivity index (χ0) is 11.6. The number of halogens is 2. The molecule has 0 aliphatic heterocycles. The van der Waals surface area contributed by atoms with Crippen molar-refractivity contribution in [2.45, 2.75) is 25.0 Å². The Labute approximate surface area is 86.6 Å². The smallest absolute Gasteiger partial charge is 0.238 e. The van der Waals surface area contributed by atoms with E-state index in [2.05, 4.69) is 9.97 Å². The van der Waals surface area contributed by atoms with E-state index in [1.807, 2.05) is 0 Å². The van der Waals surface area contributed by atoms with E-state index in [4.69, 9.17) is 0 Å². The van der Waals surface area contributed by atoms with E-state index in [1.54, 1.807) is 0 Å². The molecule has 0 unspecified atom stereocenters. The fourth-order valence-electron chi connectivity index (χ4n) is 1.01. The fourth-order valence-corrected chi connectivity index (χ4v) is 1.62. The summed E-state index contributed by atoms with van der Waals surface area (Å²) in [6.45, 7) is 2.68. The Morgan fingerprint density at radius 2 is 1.73 bits per heavy atom. The molecule has 7 heteroatoms. The van der Waals surface area contributed by atoms with Gasteiger partial charge in [-0.15, -0.1) is 3.89 Å². The van der Waals surface area contributed by atoms with Gasteiger partial charge in [-0.1, -0.05) is 6.92 Å². The molecule has 0 saturated carbocycles. The molecule has 0 fully saturated rings. The zero-order valence-corrected chi connectivity index (χ0v) is 9.00. The first-order chi connectivity index (χ1) is 6.82. The van der Waals surface area contributed by atoms with Gasteiger partial charge in [0, 0.05) is 5.92 Å². The summed E-state index contributed by atoms with van der Waals surface area (Å²) in [6, 6.07) is 0. The molecule has 84 valence electrons. The molecule has 0 radical (unpaired) electrons. The van der Waals surface area contributed by atoms with E-state index in [1.165, 1.54) is 13.8 Å². The lowest BCUT2D eigenvalue weighted by molar-refractivity contribution is 0.518. The van der Waals surface area contributed by atoms with Crippen LogP contribution in [0.1, 0.15) is 25.6 Å². The number of hydrogen-bond donors (Lipinski definition) is 0. The lowest BCUT2D eigenvalue weighted by Crippen LogP contribution is -2.21. The molecular weight excluding hydrogens is 226 g/mol. The van der Waals surface area contributed by atoms with Crippen molar-refractivity contribution >= 4 is 10.2 Å². The first-order valence-electron chi connectivity index (χ1n) is 4.23. The molecule has 0 spiro atoms. The maximum absolute atomic E-state index is 12.6. The highest BCUT2D eigenvalue weighted by molar-refractivity contribution is 7.87. The van der Waals surface area contributed by atoms with Crippen LogP contribution in [0, 0.1) is 5.82 Å². The molecule has 0 saturated heterocycles. The van der Waals surface area contributed by atoms with Crippen LogP contribution in [0.5, 0.6) is 0 Å². The van der Waals surface area contributed by atoms with Crippen LogP contribution >= 0.6 is 0 Å². The summed E-state index contributed by atoms with van der Waals surface area (Å²) in [6.07, 6.45) is 1.83. The third-order valence-corrected chi connectivity index (χ3v) is 3.49. The largest absolute Gasteiger partial charge is 0.305 e. The lowest BCUT2D eigenvalue weighted by Gasteiger charge is -2.13. The third-order valence-electron chi connectivity index (χ3n) is 2.20. The summed E-state index contributed by atoms with van der Waals surface area (Å²) in [5, 5.41) is -1.25. The molecular formula is C8H10F2N2O2S. The second kappa shape index (κ2) is 4.18. The lowest BCUT2D eigenvalue weighted by atomic mass is 10.1. The topological polar surface area (TPSA) is 59.9 Å². The van der Waals surface area contributed by atoms with Gasteiger partial charge >= 0.3 is 10.2 Å². The van der Waals surface area contributed by atoms with Gasteiger partial charge in [0.1, 0.15) is 5.82 Å². The second-order valence-corrected chi connectivity index (χ2v) is 4.92. The van der Waals surface area contributed by atoms with Gasteiger partial charge < -0.3 is 0 Å². The highest BCUT2D eigenvalue weighted by atomic mass is 32.3. The van der Waals surface area contributed by atoms with E-state index >= 15 is 0 Å². The molecule has 0 N–H and O–H groups in total. The second-order valence-electron chi connectivity index (χ2n) is 3.23. The van der Waals surface area contributed by atoms with Gasteiger partial charge in [0.2, 0.25) is 0 Å². The third kappa shape index (κ3) is 2.92. The van der Waals surface area contributed by atoms with E-state index in [0.717, 1.165) is 12.4 Å². The Bertz CT molecular complexity index is 432. The molecule has 1 aromatic heterocycles. The number of aromatic nitrogens is 2. The van der Waals surface area contributed by atoms with Crippen molar-refractivity contribution in [3.8, 4) is 0 Å². The Morgan fingerprint density at radius 3 is 2.13 bits per heavy atom. The van der Waals surface area contributed by atoms with Gasteiger partial charge in [-0.05, 0) is 6.92 Å². The first kappa shape index (κ1) is 12.0. The highest BCUT2D eigenvalue weighted by Crippen LogP contribution is 2.21. The average molecular weight is 236 g/mol. The van der Waals surface area contributed by atoms with Crippen molar-refractivity contribution in [1.82, 2.24) is 9.97 Å². The molecule has 1 aromatic rings. The standard InChI is InChI=1S/C8H10F2N2O2S/c1-5(6(2)15(10,13)14)8-11-3-7(9)4-12-8/h3-6H,1-2H3/t5-,6-/m1/s1. The molecule has 15 heavy (non-hydrogen) atoms. The zero-order valence-electron chi connectivity index (χ0n) is 8.18. The van der Waals surface area contributed by atoms with Crippen LogP contribution in [0.4, 0.5) is 8.28 Å². The summed E-state index contributed by atoms with van der Waals surface area (Å²) >= 11 is 0. The molecule has 0 aliphatic carbocycles. The van der Waals surface area contributed by atoms with Gasteiger partial charge in [-0.25, -0.2) is 14.4 Å². The molecule has 0 aromatic carbocycles.